The summed E-state index contributed by atoms with van der Waals surface area (Å²) in [4.78, 5) is 6.27. The molecular formula is C17H20N2O2. The van der Waals surface area contributed by atoms with E-state index in [0.717, 1.165) is 43.0 Å². The molecule has 0 saturated carbocycles. The van der Waals surface area contributed by atoms with Crippen molar-refractivity contribution < 1.29 is 9.84 Å². The fraction of sp³-hybridized carbons (Fsp3) is 0.353. The van der Waals surface area contributed by atoms with Crippen molar-refractivity contribution in [3.63, 3.8) is 0 Å². The first-order valence-corrected chi connectivity index (χ1v) is 7.31. The van der Waals surface area contributed by atoms with Crippen molar-refractivity contribution in [3.05, 3.63) is 54.4 Å². The molecular weight excluding hydrogens is 264 g/mol. The molecule has 1 saturated heterocycles. The third-order valence-corrected chi connectivity index (χ3v) is 3.84. The monoisotopic (exact) mass is 284 g/mol. The van der Waals surface area contributed by atoms with E-state index in [1.807, 2.05) is 36.4 Å². The van der Waals surface area contributed by atoms with Gasteiger partial charge in [-0.25, -0.2) is 0 Å². The maximum absolute atomic E-state index is 10.3. The second kappa shape index (κ2) is 6.80. The molecule has 2 aromatic rings. The summed E-state index contributed by atoms with van der Waals surface area (Å²) in [6.45, 7) is 3.97. The summed E-state index contributed by atoms with van der Waals surface area (Å²) in [5, 5.41) is 10.3. The number of hydrogen-bond acceptors (Lipinski definition) is 4. The number of ether oxygens (including phenoxy) is 1. The van der Waals surface area contributed by atoms with E-state index in [9.17, 15) is 5.11 Å². The minimum atomic E-state index is -0.449. The van der Waals surface area contributed by atoms with Gasteiger partial charge in [-0.2, -0.15) is 0 Å². The molecule has 1 atom stereocenters. The van der Waals surface area contributed by atoms with Gasteiger partial charge in [0.05, 0.1) is 19.3 Å². The summed E-state index contributed by atoms with van der Waals surface area (Å²) in [5.41, 5.74) is 3.23. The van der Waals surface area contributed by atoms with E-state index >= 15 is 0 Å². The molecule has 3 rings (SSSR count). The Morgan fingerprint density at radius 1 is 1.00 bits per heavy atom. The van der Waals surface area contributed by atoms with E-state index in [0.29, 0.717) is 6.54 Å². The maximum atomic E-state index is 10.3. The summed E-state index contributed by atoms with van der Waals surface area (Å²) < 4.78 is 5.32. The lowest BCUT2D eigenvalue weighted by atomic mass is 10.0. The van der Waals surface area contributed by atoms with Crippen LogP contribution in [0, 0.1) is 0 Å². The van der Waals surface area contributed by atoms with Gasteiger partial charge in [-0.05, 0) is 28.8 Å². The molecule has 4 heteroatoms. The average molecular weight is 284 g/mol. The normalized spacial score (nSPS) is 17.6. The topological polar surface area (TPSA) is 45.6 Å². The van der Waals surface area contributed by atoms with Crippen molar-refractivity contribution in [3.8, 4) is 11.1 Å². The summed E-state index contributed by atoms with van der Waals surface area (Å²) in [5.74, 6) is 0. The number of aromatic nitrogens is 1. The molecule has 110 valence electrons. The van der Waals surface area contributed by atoms with Crippen LogP contribution >= 0.6 is 0 Å². The smallest absolute Gasteiger partial charge is 0.0916 e. The van der Waals surface area contributed by atoms with Gasteiger partial charge >= 0.3 is 0 Å². The van der Waals surface area contributed by atoms with Crippen LogP contribution in [0.3, 0.4) is 0 Å². The molecule has 2 heterocycles. The number of rotatable bonds is 4. The highest BCUT2D eigenvalue weighted by atomic mass is 16.5. The Kier molecular flexibility index (Phi) is 4.60. The zero-order valence-electron chi connectivity index (χ0n) is 12.0. The summed E-state index contributed by atoms with van der Waals surface area (Å²) >= 11 is 0. The van der Waals surface area contributed by atoms with Crippen LogP contribution in [-0.2, 0) is 4.74 Å². The van der Waals surface area contributed by atoms with Gasteiger partial charge in [-0.1, -0.05) is 24.3 Å². The molecule has 0 bridgehead atoms. The summed E-state index contributed by atoms with van der Waals surface area (Å²) in [6.07, 6.45) is 3.13. The van der Waals surface area contributed by atoms with Crippen LogP contribution in [0.5, 0.6) is 0 Å². The van der Waals surface area contributed by atoms with Gasteiger partial charge < -0.3 is 9.84 Å². The van der Waals surface area contributed by atoms with Crippen molar-refractivity contribution >= 4 is 0 Å². The van der Waals surface area contributed by atoms with Gasteiger partial charge in [0.25, 0.3) is 0 Å². The maximum Gasteiger partial charge on any atom is 0.0916 e. The lowest BCUT2D eigenvalue weighted by Gasteiger charge is -2.28. The molecule has 1 aromatic heterocycles. The largest absolute Gasteiger partial charge is 0.387 e. The molecule has 0 aliphatic carbocycles. The lowest BCUT2D eigenvalue weighted by molar-refractivity contribution is 0.0143. The fourth-order valence-corrected chi connectivity index (χ4v) is 2.58. The number of β-amino-alcohol motifs (C(OH)–C–C–N with tert-alkyl or cyclic N) is 1. The fourth-order valence-electron chi connectivity index (χ4n) is 2.58. The number of pyridine rings is 1. The minimum Gasteiger partial charge on any atom is -0.387 e. The second-order valence-electron chi connectivity index (χ2n) is 5.29. The Hall–Kier alpha value is -1.75. The van der Waals surface area contributed by atoms with Crippen LogP contribution < -0.4 is 0 Å². The SMILES string of the molecule is O[C@H](CN1CCOCC1)c1ccc(-c2ccncc2)cc1. The molecule has 1 aliphatic heterocycles. The Bertz CT molecular complexity index is 551. The van der Waals surface area contributed by atoms with Gasteiger partial charge in [-0.3, -0.25) is 9.88 Å². The first-order chi connectivity index (χ1) is 10.3. The highest BCUT2D eigenvalue weighted by Crippen LogP contribution is 2.22. The molecule has 1 aliphatic rings. The number of aliphatic hydroxyl groups excluding tert-OH is 1. The Morgan fingerprint density at radius 3 is 2.29 bits per heavy atom. The highest BCUT2D eigenvalue weighted by molar-refractivity contribution is 5.62. The number of benzene rings is 1. The van der Waals surface area contributed by atoms with E-state index in [4.69, 9.17) is 4.74 Å². The van der Waals surface area contributed by atoms with Gasteiger partial charge in [0, 0.05) is 32.0 Å². The van der Waals surface area contributed by atoms with E-state index < -0.39 is 6.10 Å². The van der Waals surface area contributed by atoms with E-state index in [1.54, 1.807) is 12.4 Å². The minimum absolute atomic E-state index is 0.449. The second-order valence-corrected chi connectivity index (χ2v) is 5.29. The predicted octanol–water partition coefficient (Wildman–Crippen LogP) is 2.11. The van der Waals surface area contributed by atoms with Crippen molar-refractivity contribution in [2.24, 2.45) is 0 Å². The highest BCUT2D eigenvalue weighted by Gasteiger charge is 2.16. The molecule has 1 aromatic carbocycles. The number of aliphatic hydroxyl groups is 1. The predicted molar refractivity (Wildman–Crippen MR) is 81.9 cm³/mol. The number of hydrogen-bond donors (Lipinski definition) is 1. The van der Waals surface area contributed by atoms with Gasteiger partial charge in [0.1, 0.15) is 0 Å². The first-order valence-electron chi connectivity index (χ1n) is 7.31. The van der Waals surface area contributed by atoms with Crippen LogP contribution in [0.25, 0.3) is 11.1 Å². The molecule has 1 fully saturated rings. The third-order valence-electron chi connectivity index (χ3n) is 3.84. The molecule has 0 spiro atoms. The standard InChI is InChI=1S/C17H20N2O2/c20-17(13-19-9-11-21-12-10-19)16-3-1-14(2-4-16)15-5-7-18-8-6-15/h1-8,17,20H,9-13H2/t17-/m1/s1. The van der Waals surface area contributed by atoms with E-state index in [1.165, 1.54) is 0 Å². The Morgan fingerprint density at radius 2 is 1.62 bits per heavy atom. The number of nitrogens with zero attached hydrogens (tertiary/aromatic N) is 2. The van der Waals surface area contributed by atoms with Gasteiger partial charge in [0.15, 0.2) is 0 Å². The number of morpholine rings is 1. The molecule has 0 unspecified atom stereocenters. The van der Waals surface area contributed by atoms with Gasteiger partial charge in [-0.15, -0.1) is 0 Å². The van der Waals surface area contributed by atoms with Crippen LogP contribution in [0.1, 0.15) is 11.7 Å². The molecule has 1 N–H and O–H groups in total. The van der Waals surface area contributed by atoms with Crippen LogP contribution in [0.4, 0.5) is 0 Å². The van der Waals surface area contributed by atoms with Crippen LogP contribution in [0.2, 0.25) is 0 Å². The molecule has 4 nitrogen and oxygen atoms in total. The van der Waals surface area contributed by atoms with Crippen molar-refractivity contribution in [2.45, 2.75) is 6.10 Å². The first kappa shape index (κ1) is 14.2. The third kappa shape index (κ3) is 3.67. The van der Waals surface area contributed by atoms with Gasteiger partial charge in [0.2, 0.25) is 0 Å². The van der Waals surface area contributed by atoms with Crippen molar-refractivity contribution in [2.75, 3.05) is 32.8 Å². The van der Waals surface area contributed by atoms with Crippen LogP contribution in [-0.4, -0.2) is 47.8 Å². The lowest BCUT2D eigenvalue weighted by Crippen LogP contribution is -2.38. The average Bonchev–Trinajstić information content (AvgIpc) is 2.57. The Labute approximate surface area is 125 Å². The quantitative estimate of drug-likeness (QED) is 0.934. The zero-order valence-corrected chi connectivity index (χ0v) is 12.0. The van der Waals surface area contributed by atoms with Crippen molar-refractivity contribution in [1.82, 2.24) is 9.88 Å². The van der Waals surface area contributed by atoms with Crippen LogP contribution in [0.15, 0.2) is 48.8 Å². The molecule has 0 radical (unpaired) electrons. The van der Waals surface area contributed by atoms with Crippen molar-refractivity contribution in [1.29, 1.82) is 0 Å². The zero-order chi connectivity index (χ0) is 14.5. The summed E-state index contributed by atoms with van der Waals surface area (Å²) in [7, 11) is 0. The van der Waals surface area contributed by atoms with E-state index in [2.05, 4.69) is 9.88 Å². The molecule has 21 heavy (non-hydrogen) atoms. The summed E-state index contributed by atoms with van der Waals surface area (Å²) in [6, 6.07) is 12.1. The van der Waals surface area contributed by atoms with E-state index in [-0.39, 0.29) is 0 Å². The Balaban J connectivity index is 1.66. The molecule has 0 amide bonds.